The molecule has 0 aliphatic rings. The number of imidazole rings is 1. The third-order valence-corrected chi connectivity index (χ3v) is 2.08. The van der Waals surface area contributed by atoms with Gasteiger partial charge in [0.25, 0.3) is 5.91 Å². The van der Waals surface area contributed by atoms with E-state index in [1.807, 2.05) is 10.5 Å². The number of fused-ring (bicyclic) bond motifs is 1. The molecule has 2 aromatic heterocycles. The van der Waals surface area contributed by atoms with Crippen LogP contribution in [0.1, 0.15) is 10.4 Å². The summed E-state index contributed by atoms with van der Waals surface area (Å²) in [6, 6.07) is 3.63. The summed E-state index contributed by atoms with van der Waals surface area (Å²) in [5.74, 6) is -0.106. The molecule has 0 spiro atoms. The predicted molar refractivity (Wildman–Crippen MR) is 57.7 cm³/mol. The number of hydrogen-bond acceptors (Lipinski definition) is 2. The van der Waals surface area contributed by atoms with Crippen molar-refractivity contribution in [2.75, 3.05) is 6.54 Å². The summed E-state index contributed by atoms with van der Waals surface area (Å²) in [6.07, 6.45) is 6.81. The standard InChI is InChI=1S/C11H11N3O/c1-2-5-13-11(15)9-3-4-10-6-12-8-14(10)7-9/h2-4,6-8H,1,5H2,(H,13,15). The highest BCUT2D eigenvalue weighted by molar-refractivity contribution is 5.94. The first-order valence-electron chi connectivity index (χ1n) is 4.62. The van der Waals surface area contributed by atoms with E-state index >= 15 is 0 Å². The third kappa shape index (κ3) is 1.88. The summed E-state index contributed by atoms with van der Waals surface area (Å²) < 4.78 is 1.81. The fourth-order valence-electron chi connectivity index (χ4n) is 1.32. The Labute approximate surface area is 87.3 Å². The second kappa shape index (κ2) is 3.96. The lowest BCUT2D eigenvalue weighted by molar-refractivity contribution is 0.0957. The summed E-state index contributed by atoms with van der Waals surface area (Å²) in [7, 11) is 0. The van der Waals surface area contributed by atoms with Crippen LogP contribution in [0.5, 0.6) is 0 Å². The van der Waals surface area contributed by atoms with Crippen molar-refractivity contribution >= 4 is 11.4 Å². The average molecular weight is 201 g/mol. The second-order valence-electron chi connectivity index (χ2n) is 3.14. The number of amides is 1. The summed E-state index contributed by atoms with van der Waals surface area (Å²) in [5.41, 5.74) is 1.58. The lowest BCUT2D eigenvalue weighted by atomic mass is 10.2. The number of hydrogen-bond donors (Lipinski definition) is 1. The SMILES string of the molecule is C=CCNC(=O)c1ccc2cncn2c1. The molecule has 4 nitrogen and oxygen atoms in total. The van der Waals surface area contributed by atoms with Gasteiger partial charge >= 0.3 is 0 Å². The van der Waals surface area contributed by atoms with Crippen LogP contribution in [0.3, 0.4) is 0 Å². The van der Waals surface area contributed by atoms with Crippen molar-refractivity contribution in [2.24, 2.45) is 0 Å². The summed E-state index contributed by atoms with van der Waals surface area (Å²) in [5, 5.41) is 2.71. The molecule has 0 fully saturated rings. The number of nitrogens with zero attached hydrogens (tertiary/aromatic N) is 2. The van der Waals surface area contributed by atoms with Crippen molar-refractivity contribution in [3.05, 3.63) is 49.1 Å². The Morgan fingerprint density at radius 3 is 3.27 bits per heavy atom. The number of pyridine rings is 1. The van der Waals surface area contributed by atoms with Gasteiger partial charge in [-0.3, -0.25) is 4.79 Å². The van der Waals surface area contributed by atoms with E-state index in [1.165, 1.54) is 0 Å². The Kier molecular flexibility index (Phi) is 2.49. The molecule has 0 aliphatic heterocycles. The maximum absolute atomic E-state index is 11.6. The van der Waals surface area contributed by atoms with Gasteiger partial charge in [0, 0.05) is 12.7 Å². The molecule has 0 saturated heterocycles. The van der Waals surface area contributed by atoms with Gasteiger partial charge in [-0.25, -0.2) is 4.98 Å². The van der Waals surface area contributed by atoms with Crippen LogP contribution in [-0.4, -0.2) is 21.8 Å². The number of carbonyl (C=O) groups is 1. The fourth-order valence-corrected chi connectivity index (χ4v) is 1.32. The van der Waals surface area contributed by atoms with Crippen LogP contribution in [0.15, 0.2) is 43.5 Å². The van der Waals surface area contributed by atoms with Gasteiger partial charge in [-0.05, 0) is 12.1 Å². The lowest BCUT2D eigenvalue weighted by Crippen LogP contribution is -2.23. The molecule has 2 heterocycles. The van der Waals surface area contributed by atoms with Crippen molar-refractivity contribution in [2.45, 2.75) is 0 Å². The Balaban J connectivity index is 2.27. The van der Waals surface area contributed by atoms with Crippen molar-refractivity contribution in [1.82, 2.24) is 14.7 Å². The molecule has 15 heavy (non-hydrogen) atoms. The molecule has 0 aromatic carbocycles. The van der Waals surface area contributed by atoms with E-state index in [0.717, 1.165) is 5.52 Å². The van der Waals surface area contributed by atoms with E-state index in [-0.39, 0.29) is 5.91 Å². The van der Waals surface area contributed by atoms with Crippen LogP contribution in [0, 0.1) is 0 Å². The van der Waals surface area contributed by atoms with Gasteiger partial charge in [0.05, 0.1) is 23.6 Å². The molecule has 1 N–H and O–H groups in total. The predicted octanol–water partition coefficient (Wildman–Crippen LogP) is 1.25. The van der Waals surface area contributed by atoms with Gasteiger partial charge in [0.2, 0.25) is 0 Å². The smallest absolute Gasteiger partial charge is 0.253 e. The molecular formula is C11H11N3O. The van der Waals surface area contributed by atoms with Gasteiger partial charge in [-0.1, -0.05) is 6.08 Å². The molecule has 0 unspecified atom stereocenters. The zero-order valence-electron chi connectivity index (χ0n) is 8.18. The minimum atomic E-state index is -0.106. The van der Waals surface area contributed by atoms with Gasteiger partial charge in [0.15, 0.2) is 0 Å². The second-order valence-corrected chi connectivity index (χ2v) is 3.14. The van der Waals surface area contributed by atoms with Crippen molar-refractivity contribution in [1.29, 1.82) is 0 Å². The Bertz CT molecular complexity index is 501. The van der Waals surface area contributed by atoms with E-state index in [1.54, 1.807) is 30.9 Å². The monoisotopic (exact) mass is 201 g/mol. The largest absolute Gasteiger partial charge is 0.349 e. The molecule has 76 valence electrons. The van der Waals surface area contributed by atoms with Crippen LogP contribution in [0.4, 0.5) is 0 Å². The maximum atomic E-state index is 11.6. The average Bonchev–Trinajstić information content (AvgIpc) is 2.72. The minimum Gasteiger partial charge on any atom is -0.349 e. The summed E-state index contributed by atoms with van der Waals surface area (Å²) in [4.78, 5) is 15.6. The summed E-state index contributed by atoms with van der Waals surface area (Å²) >= 11 is 0. The number of rotatable bonds is 3. The Hall–Kier alpha value is -2.10. The topological polar surface area (TPSA) is 46.4 Å². The first kappa shape index (κ1) is 9.45. The third-order valence-electron chi connectivity index (χ3n) is 2.08. The molecular weight excluding hydrogens is 190 g/mol. The zero-order valence-corrected chi connectivity index (χ0v) is 8.18. The summed E-state index contributed by atoms with van der Waals surface area (Å²) in [6.45, 7) is 4.01. The fraction of sp³-hybridized carbons (Fsp3) is 0.0909. The Morgan fingerprint density at radius 1 is 1.60 bits per heavy atom. The van der Waals surface area contributed by atoms with Crippen LogP contribution in [0.2, 0.25) is 0 Å². The quantitative estimate of drug-likeness (QED) is 0.760. The molecule has 0 radical (unpaired) electrons. The zero-order chi connectivity index (χ0) is 10.7. The molecule has 0 atom stereocenters. The van der Waals surface area contributed by atoms with E-state index in [9.17, 15) is 4.79 Å². The van der Waals surface area contributed by atoms with Crippen molar-refractivity contribution in [3.63, 3.8) is 0 Å². The van der Waals surface area contributed by atoms with E-state index in [4.69, 9.17) is 0 Å². The highest BCUT2D eigenvalue weighted by atomic mass is 16.1. The molecule has 0 bridgehead atoms. The molecule has 0 aliphatic carbocycles. The number of aromatic nitrogens is 2. The van der Waals surface area contributed by atoms with Gasteiger partial charge in [-0.15, -0.1) is 6.58 Å². The van der Waals surface area contributed by atoms with Gasteiger partial charge < -0.3 is 9.72 Å². The molecule has 0 saturated carbocycles. The Morgan fingerprint density at radius 2 is 2.47 bits per heavy atom. The van der Waals surface area contributed by atoms with Gasteiger partial charge in [0.1, 0.15) is 0 Å². The molecule has 4 heteroatoms. The first-order chi connectivity index (χ1) is 7.31. The van der Waals surface area contributed by atoms with Crippen LogP contribution in [-0.2, 0) is 0 Å². The van der Waals surface area contributed by atoms with E-state index in [0.29, 0.717) is 12.1 Å². The van der Waals surface area contributed by atoms with E-state index < -0.39 is 0 Å². The molecule has 2 rings (SSSR count). The van der Waals surface area contributed by atoms with Crippen LogP contribution >= 0.6 is 0 Å². The number of nitrogens with one attached hydrogen (secondary N) is 1. The first-order valence-corrected chi connectivity index (χ1v) is 4.62. The lowest BCUT2D eigenvalue weighted by Gasteiger charge is -2.02. The highest BCUT2D eigenvalue weighted by Gasteiger charge is 2.04. The number of carbonyl (C=O) groups excluding carboxylic acids is 1. The maximum Gasteiger partial charge on any atom is 0.253 e. The molecule has 1 amide bonds. The van der Waals surface area contributed by atoms with Crippen LogP contribution in [0.25, 0.3) is 5.52 Å². The van der Waals surface area contributed by atoms with Crippen molar-refractivity contribution in [3.8, 4) is 0 Å². The van der Waals surface area contributed by atoms with Crippen molar-refractivity contribution < 1.29 is 4.79 Å². The highest BCUT2D eigenvalue weighted by Crippen LogP contribution is 2.05. The van der Waals surface area contributed by atoms with E-state index in [2.05, 4.69) is 16.9 Å². The van der Waals surface area contributed by atoms with Gasteiger partial charge in [-0.2, -0.15) is 0 Å². The molecule has 2 aromatic rings. The van der Waals surface area contributed by atoms with Crippen LogP contribution < -0.4 is 5.32 Å². The minimum absolute atomic E-state index is 0.106. The normalized spacial score (nSPS) is 10.1.